The molecule has 0 amide bonds. The van der Waals surface area contributed by atoms with Gasteiger partial charge >= 0.3 is 0 Å². The van der Waals surface area contributed by atoms with Crippen LogP contribution in [0.2, 0.25) is 0 Å². The minimum atomic E-state index is -0.163. The molecule has 0 aliphatic carbocycles. The molecule has 1 aliphatic rings. The summed E-state index contributed by atoms with van der Waals surface area (Å²) in [5.41, 5.74) is 0. The Morgan fingerprint density at radius 1 is 1.15 bits per heavy atom. The molecule has 0 saturated carbocycles. The molecule has 1 fully saturated rings. The van der Waals surface area contributed by atoms with E-state index < -0.39 is 0 Å². The van der Waals surface area contributed by atoms with E-state index in [4.69, 9.17) is 4.74 Å². The predicted octanol–water partition coefficient (Wildman–Crippen LogP) is 2.68. The Morgan fingerprint density at radius 2 is 2.00 bits per heavy atom. The lowest BCUT2D eigenvalue weighted by Gasteiger charge is -2.29. The van der Waals surface area contributed by atoms with Crippen molar-refractivity contribution in [3.8, 4) is 5.75 Å². The van der Waals surface area contributed by atoms with Crippen LogP contribution in [0.5, 0.6) is 5.75 Å². The number of likely N-dealkylation sites (tertiary alicyclic amines) is 1. The number of β-amino-alcohol motifs (C(OH)–C–C–N with tert-alkyl or cyclic N) is 1. The highest BCUT2D eigenvalue weighted by Crippen LogP contribution is 2.20. The van der Waals surface area contributed by atoms with Gasteiger partial charge in [0.25, 0.3) is 0 Å². The molecule has 2 aromatic carbocycles. The van der Waals surface area contributed by atoms with Crippen LogP contribution in [-0.4, -0.2) is 42.4 Å². The van der Waals surface area contributed by atoms with Crippen LogP contribution in [0.15, 0.2) is 42.5 Å². The molecule has 1 N–H and O–H groups in total. The van der Waals surface area contributed by atoms with Crippen molar-refractivity contribution < 1.29 is 9.84 Å². The zero-order valence-corrected chi connectivity index (χ0v) is 11.7. The Balaban J connectivity index is 1.54. The average molecular weight is 271 g/mol. The van der Waals surface area contributed by atoms with Crippen molar-refractivity contribution in [1.82, 2.24) is 4.90 Å². The van der Waals surface area contributed by atoms with Crippen molar-refractivity contribution >= 4 is 10.8 Å². The molecule has 0 bridgehead atoms. The number of nitrogens with zero attached hydrogens (tertiary/aromatic N) is 1. The SMILES string of the molecule is O[C@H]1CCCN(CCOc2ccc3ccccc3c2)C1. The maximum Gasteiger partial charge on any atom is 0.120 e. The van der Waals surface area contributed by atoms with E-state index in [0.29, 0.717) is 6.61 Å². The lowest BCUT2D eigenvalue weighted by Crippen LogP contribution is -2.40. The van der Waals surface area contributed by atoms with Crippen LogP contribution in [0.1, 0.15) is 12.8 Å². The summed E-state index contributed by atoms with van der Waals surface area (Å²) in [7, 11) is 0. The van der Waals surface area contributed by atoms with Crippen LogP contribution in [0.4, 0.5) is 0 Å². The molecule has 3 nitrogen and oxygen atoms in total. The topological polar surface area (TPSA) is 32.7 Å². The van der Waals surface area contributed by atoms with Gasteiger partial charge in [-0.15, -0.1) is 0 Å². The molecular formula is C17H21NO2. The summed E-state index contributed by atoms with van der Waals surface area (Å²) >= 11 is 0. The highest BCUT2D eigenvalue weighted by atomic mass is 16.5. The predicted molar refractivity (Wildman–Crippen MR) is 81.1 cm³/mol. The number of aliphatic hydroxyl groups is 1. The summed E-state index contributed by atoms with van der Waals surface area (Å²) in [4.78, 5) is 2.27. The first-order valence-electron chi connectivity index (χ1n) is 7.33. The summed E-state index contributed by atoms with van der Waals surface area (Å²) in [6, 6.07) is 14.5. The molecule has 0 aromatic heterocycles. The van der Waals surface area contributed by atoms with E-state index in [1.165, 1.54) is 10.8 Å². The van der Waals surface area contributed by atoms with Gasteiger partial charge in [-0.2, -0.15) is 0 Å². The quantitative estimate of drug-likeness (QED) is 0.928. The van der Waals surface area contributed by atoms with E-state index in [1.807, 2.05) is 18.2 Å². The lowest BCUT2D eigenvalue weighted by molar-refractivity contribution is 0.0633. The third-order valence-corrected chi connectivity index (χ3v) is 3.88. The fourth-order valence-corrected chi connectivity index (χ4v) is 2.78. The molecular weight excluding hydrogens is 250 g/mol. The van der Waals surface area contributed by atoms with Crippen LogP contribution in [0.25, 0.3) is 10.8 Å². The number of hydrogen-bond acceptors (Lipinski definition) is 3. The van der Waals surface area contributed by atoms with Crippen molar-refractivity contribution in [2.75, 3.05) is 26.2 Å². The molecule has 106 valence electrons. The van der Waals surface area contributed by atoms with Crippen molar-refractivity contribution in [3.63, 3.8) is 0 Å². The molecule has 1 aliphatic heterocycles. The maximum absolute atomic E-state index is 9.63. The first kappa shape index (κ1) is 13.4. The number of rotatable bonds is 4. The summed E-state index contributed by atoms with van der Waals surface area (Å²) in [5.74, 6) is 0.918. The van der Waals surface area contributed by atoms with Crippen molar-refractivity contribution in [2.45, 2.75) is 18.9 Å². The fourth-order valence-electron chi connectivity index (χ4n) is 2.78. The maximum atomic E-state index is 9.63. The molecule has 1 saturated heterocycles. The van der Waals surface area contributed by atoms with Crippen LogP contribution < -0.4 is 4.74 Å². The van der Waals surface area contributed by atoms with Crippen molar-refractivity contribution in [2.24, 2.45) is 0 Å². The zero-order valence-electron chi connectivity index (χ0n) is 11.7. The number of hydrogen-bond donors (Lipinski definition) is 1. The molecule has 3 heteroatoms. The molecule has 0 radical (unpaired) electrons. The third kappa shape index (κ3) is 3.30. The highest BCUT2D eigenvalue weighted by Gasteiger charge is 2.16. The molecule has 1 heterocycles. The van der Waals surface area contributed by atoms with Gasteiger partial charge in [0.2, 0.25) is 0 Å². The first-order chi connectivity index (χ1) is 9.81. The minimum absolute atomic E-state index is 0.163. The second-order valence-corrected chi connectivity index (χ2v) is 5.45. The van der Waals surface area contributed by atoms with Crippen LogP contribution in [-0.2, 0) is 0 Å². The van der Waals surface area contributed by atoms with Crippen molar-refractivity contribution in [1.29, 1.82) is 0 Å². The average Bonchev–Trinajstić information content (AvgIpc) is 2.47. The Bertz CT molecular complexity index is 570. The molecule has 2 aromatic rings. The van der Waals surface area contributed by atoms with Gasteiger partial charge in [0.05, 0.1) is 6.10 Å². The molecule has 0 spiro atoms. The van der Waals surface area contributed by atoms with Crippen molar-refractivity contribution in [3.05, 3.63) is 42.5 Å². The van der Waals surface area contributed by atoms with Crippen LogP contribution in [0, 0.1) is 0 Å². The summed E-state index contributed by atoms with van der Waals surface area (Å²) in [6.07, 6.45) is 1.85. The zero-order chi connectivity index (χ0) is 13.8. The second-order valence-electron chi connectivity index (χ2n) is 5.45. The fraction of sp³-hybridized carbons (Fsp3) is 0.412. The number of fused-ring (bicyclic) bond motifs is 1. The van der Waals surface area contributed by atoms with E-state index >= 15 is 0 Å². The van der Waals surface area contributed by atoms with Crippen LogP contribution >= 0.6 is 0 Å². The number of aliphatic hydroxyl groups excluding tert-OH is 1. The minimum Gasteiger partial charge on any atom is -0.492 e. The van der Waals surface area contributed by atoms with Gasteiger partial charge in [0.15, 0.2) is 0 Å². The Hall–Kier alpha value is -1.58. The Kier molecular flexibility index (Phi) is 4.19. The van der Waals surface area contributed by atoms with E-state index in [9.17, 15) is 5.11 Å². The smallest absolute Gasteiger partial charge is 0.120 e. The van der Waals surface area contributed by atoms with Crippen LogP contribution in [0.3, 0.4) is 0 Å². The Labute approximate surface area is 119 Å². The summed E-state index contributed by atoms with van der Waals surface area (Å²) in [6.45, 7) is 3.40. The molecule has 1 atom stereocenters. The van der Waals surface area contributed by atoms with Gasteiger partial charge in [-0.1, -0.05) is 30.3 Å². The van der Waals surface area contributed by atoms with Gasteiger partial charge in [-0.05, 0) is 42.3 Å². The largest absolute Gasteiger partial charge is 0.492 e. The monoisotopic (exact) mass is 271 g/mol. The molecule has 20 heavy (non-hydrogen) atoms. The van der Waals surface area contributed by atoms with Gasteiger partial charge in [-0.25, -0.2) is 0 Å². The standard InChI is InChI=1S/C17H21NO2/c19-16-6-3-9-18(13-16)10-11-20-17-8-7-14-4-1-2-5-15(14)12-17/h1-2,4-5,7-8,12,16,19H,3,6,9-11,13H2/t16-/m0/s1. The lowest BCUT2D eigenvalue weighted by atomic mass is 10.1. The molecule has 3 rings (SSSR count). The number of piperidine rings is 1. The number of ether oxygens (including phenoxy) is 1. The highest BCUT2D eigenvalue weighted by molar-refractivity contribution is 5.83. The van der Waals surface area contributed by atoms with E-state index in [-0.39, 0.29) is 6.10 Å². The van der Waals surface area contributed by atoms with Gasteiger partial charge in [-0.3, -0.25) is 4.90 Å². The van der Waals surface area contributed by atoms with E-state index in [1.54, 1.807) is 0 Å². The van der Waals surface area contributed by atoms with E-state index in [0.717, 1.165) is 38.2 Å². The van der Waals surface area contributed by atoms with Gasteiger partial charge in [0, 0.05) is 13.1 Å². The molecule has 0 unspecified atom stereocenters. The summed E-state index contributed by atoms with van der Waals surface area (Å²) in [5, 5.41) is 12.1. The normalized spacial score (nSPS) is 20.1. The van der Waals surface area contributed by atoms with E-state index in [2.05, 4.69) is 29.2 Å². The van der Waals surface area contributed by atoms with Gasteiger partial charge < -0.3 is 9.84 Å². The third-order valence-electron chi connectivity index (χ3n) is 3.88. The Morgan fingerprint density at radius 3 is 2.85 bits per heavy atom. The second kappa shape index (κ2) is 6.25. The first-order valence-corrected chi connectivity index (χ1v) is 7.33. The van der Waals surface area contributed by atoms with Gasteiger partial charge in [0.1, 0.15) is 12.4 Å². The number of benzene rings is 2. The summed E-state index contributed by atoms with van der Waals surface area (Å²) < 4.78 is 5.83.